The average Bonchev–Trinajstić information content (AvgIpc) is 2.73. The molecule has 6 heteroatoms. The number of piperidine rings is 1. The van der Waals surface area contributed by atoms with E-state index < -0.39 is 0 Å². The molecular weight excluding hydrogens is 286 g/mol. The van der Waals surface area contributed by atoms with Crippen molar-refractivity contribution in [2.45, 2.75) is 45.8 Å². The van der Waals surface area contributed by atoms with E-state index in [1.165, 1.54) is 0 Å². The van der Waals surface area contributed by atoms with Gasteiger partial charge in [-0.15, -0.1) is 11.3 Å². The van der Waals surface area contributed by atoms with Gasteiger partial charge in [0.25, 0.3) is 5.56 Å². The van der Waals surface area contributed by atoms with Crippen LogP contribution < -0.4 is 5.56 Å². The van der Waals surface area contributed by atoms with Crippen LogP contribution in [0.2, 0.25) is 0 Å². The maximum atomic E-state index is 12.3. The second-order valence-corrected chi connectivity index (χ2v) is 7.08. The molecule has 3 rings (SSSR count). The van der Waals surface area contributed by atoms with E-state index in [2.05, 4.69) is 14.9 Å². The fraction of sp³-hybridized carbons (Fsp3) is 0.600. The van der Waals surface area contributed by atoms with E-state index in [1.807, 2.05) is 20.8 Å². The molecule has 5 nitrogen and oxygen atoms in total. The van der Waals surface area contributed by atoms with E-state index in [1.54, 1.807) is 11.3 Å². The lowest BCUT2D eigenvalue weighted by molar-refractivity contribution is 0.0484. The summed E-state index contributed by atoms with van der Waals surface area (Å²) in [6.45, 7) is 7.60. The first-order valence-corrected chi connectivity index (χ1v) is 8.21. The van der Waals surface area contributed by atoms with Crippen LogP contribution in [-0.2, 0) is 0 Å². The largest absolute Gasteiger partial charge is 0.392 e. The minimum absolute atomic E-state index is 0.0137. The van der Waals surface area contributed by atoms with Crippen LogP contribution in [0.4, 0.5) is 0 Å². The van der Waals surface area contributed by atoms with Gasteiger partial charge in [0.2, 0.25) is 0 Å². The smallest absolute Gasteiger partial charge is 0.259 e. The lowest BCUT2D eigenvalue weighted by Crippen LogP contribution is -2.40. The molecule has 2 atom stereocenters. The fourth-order valence-electron chi connectivity index (χ4n) is 2.98. The summed E-state index contributed by atoms with van der Waals surface area (Å²) in [5, 5.41) is 10.5. The molecule has 1 fully saturated rings. The lowest BCUT2D eigenvalue weighted by Gasteiger charge is -2.34. The van der Waals surface area contributed by atoms with Crippen LogP contribution in [0.3, 0.4) is 0 Å². The van der Waals surface area contributed by atoms with Gasteiger partial charge in [-0.25, -0.2) is 4.98 Å². The number of hydrogen-bond acceptors (Lipinski definition) is 5. The summed E-state index contributed by atoms with van der Waals surface area (Å²) >= 11 is 1.57. The van der Waals surface area contributed by atoms with E-state index in [0.29, 0.717) is 17.8 Å². The number of aliphatic hydroxyl groups is 1. The summed E-state index contributed by atoms with van der Waals surface area (Å²) in [5.74, 6) is 0.697. The van der Waals surface area contributed by atoms with Gasteiger partial charge in [-0.05, 0) is 45.7 Å². The highest BCUT2D eigenvalue weighted by atomic mass is 32.1. The van der Waals surface area contributed by atoms with Crippen molar-refractivity contribution in [3.8, 4) is 0 Å². The van der Waals surface area contributed by atoms with Crippen LogP contribution in [0.25, 0.3) is 10.2 Å². The molecule has 0 bridgehead atoms. The minimum Gasteiger partial charge on any atom is -0.392 e. The number of fused-ring (bicyclic) bond motifs is 1. The number of aromatic nitrogens is 2. The summed E-state index contributed by atoms with van der Waals surface area (Å²) in [6.07, 6.45) is 1.56. The zero-order valence-corrected chi connectivity index (χ0v) is 13.5. The van der Waals surface area contributed by atoms with Gasteiger partial charge in [-0.2, -0.15) is 0 Å². The molecule has 2 N–H and O–H groups in total. The van der Waals surface area contributed by atoms with E-state index in [4.69, 9.17) is 0 Å². The van der Waals surface area contributed by atoms with Gasteiger partial charge in [-0.1, -0.05) is 0 Å². The Bertz CT molecular complexity index is 722. The van der Waals surface area contributed by atoms with Crippen LogP contribution in [0.5, 0.6) is 0 Å². The highest BCUT2D eigenvalue weighted by Crippen LogP contribution is 2.28. The Morgan fingerprint density at radius 3 is 2.95 bits per heavy atom. The SMILES string of the molecule is Cc1sc2nc([C@@H](C)N3CCC[C@H](O)C3)[nH]c(=O)c2c1C. The number of aryl methyl sites for hydroxylation is 2. The van der Waals surface area contributed by atoms with Crippen molar-refractivity contribution in [2.24, 2.45) is 0 Å². The highest BCUT2D eigenvalue weighted by molar-refractivity contribution is 7.18. The Morgan fingerprint density at radius 1 is 1.48 bits per heavy atom. The Morgan fingerprint density at radius 2 is 2.24 bits per heavy atom. The third-order valence-electron chi connectivity index (χ3n) is 4.43. The maximum Gasteiger partial charge on any atom is 0.259 e. The van der Waals surface area contributed by atoms with E-state index in [-0.39, 0.29) is 17.7 Å². The van der Waals surface area contributed by atoms with Crippen molar-refractivity contribution in [3.63, 3.8) is 0 Å². The molecule has 0 unspecified atom stereocenters. The van der Waals surface area contributed by atoms with Crippen LogP contribution in [0.15, 0.2) is 4.79 Å². The number of hydrogen-bond donors (Lipinski definition) is 2. The van der Waals surface area contributed by atoms with E-state index >= 15 is 0 Å². The van der Waals surface area contributed by atoms with E-state index in [9.17, 15) is 9.90 Å². The quantitative estimate of drug-likeness (QED) is 0.891. The lowest BCUT2D eigenvalue weighted by atomic mass is 10.1. The fourth-order valence-corrected chi connectivity index (χ4v) is 4.01. The van der Waals surface area contributed by atoms with Crippen LogP contribution in [0.1, 0.15) is 42.1 Å². The van der Waals surface area contributed by atoms with Crippen molar-refractivity contribution in [3.05, 3.63) is 26.6 Å². The van der Waals surface area contributed by atoms with Gasteiger partial charge in [0.1, 0.15) is 10.7 Å². The zero-order valence-electron chi connectivity index (χ0n) is 12.6. The molecule has 1 saturated heterocycles. The third-order valence-corrected chi connectivity index (χ3v) is 5.53. The predicted molar refractivity (Wildman–Crippen MR) is 84.9 cm³/mol. The van der Waals surface area contributed by atoms with Gasteiger partial charge in [-0.3, -0.25) is 9.69 Å². The summed E-state index contributed by atoms with van der Waals surface area (Å²) in [6, 6.07) is 0.0137. The third kappa shape index (κ3) is 2.63. The molecule has 1 aliphatic heterocycles. The van der Waals surface area contributed by atoms with Crippen LogP contribution in [0, 0.1) is 13.8 Å². The van der Waals surface area contributed by atoms with E-state index in [0.717, 1.165) is 34.7 Å². The molecule has 2 aromatic heterocycles. The van der Waals surface area contributed by atoms with Gasteiger partial charge in [0.15, 0.2) is 0 Å². The molecule has 0 saturated carbocycles. The Labute approximate surface area is 127 Å². The Kier molecular flexibility index (Phi) is 3.86. The highest BCUT2D eigenvalue weighted by Gasteiger charge is 2.25. The summed E-state index contributed by atoms with van der Waals surface area (Å²) in [4.78, 5) is 24.1. The van der Waals surface area contributed by atoms with Crippen LogP contribution in [-0.4, -0.2) is 39.2 Å². The number of thiophene rings is 1. The number of aromatic amines is 1. The topological polar surface area (TPSA) is 69.2 Å². The first-order chi connectivity index (χ1) is 9.97. The molecule has 0 aliphatic carbocycles. The second-order valence-electron chi connectivity index (χ2n) is 5.88. The summed E-state index contributed by atoms with van der Waals surface area (Å²) in [7, 11) is 0. The molecule has 0 aromatic carbocycles. The van der Waals surface area contributed by atoms with Crippen molar-refractivity contribution in [1.29, 1.82) is 0 Å². The second kappa shape index (κ2) is 5.51. The number of nitrogens with one attached hydrogen (secondary N) is 1. The first kappa shape index (κ1) is 14.7. The van der Waals surface area contributed by atoms with Crippen LogP contribution >= 0.6 is 11.3 Å². The minimum atomic E-state index is -0.275. The normalized spacial score (nSPS) is 21.8. The maximum absolute atomic E-state index is 12.3. The van der Waals surface area contributed by atoms with Gasteiger partial charge in [0, 0.05) is 11.4 Å². The van der Waals surface area contributed by atoms with Crippen molar-refractivity contribution >= 4 is 21.6 Å². The molecule has 0 radical (unpaired) electrons. The Hall–Kier alpha value is -1.24. The Balaban J connectivity index is 1.98. The van der Waals surface area contributed by atoms with Gasteiger partial charge >= 0.3 is 0 Å². The molecule has 21 heavy (non-hydrogen) atoms. The molecule has 0 amide bonds. The number of aliphatic hydroxyl groups excluding tert-OH is 1. The standard InChI is InChI=1S/C15H21N3O2S/c1-8-10(3)21-15-12(8)14(20)16-13(17-15)9(2)18-6-4-5-11(19)7-18/h9,11,19H,4-7H2,1-3H3,(H,16,17,20)/t9-,11+/m1/s1. The van der Waals surface area contributed by atoms with Gasteiger partial charge < -0.3 is 10.1 Å². The summed E-state index contributed by atoms with van der Waals surface area (Å²) < 4.78 is 0. The molecule has 1 aliphatic rings. The number of rotatable bonds is 2. The van der Waals surface area contributed by atoms with Gasteiger partial charge in [0.05, 0.1) is 17.5 Å². The number of likely N-dealkylation sites (tertiary alicyclic amines) is 1. The number of nitrogens with zero attached hydrogens (tertiary/aromatic N) is 2. The molecular formula is C15H21N3O2S. The molecule has 2 aromatic rings. The van der Waals surface area contributed by atoms with Crippen molar-refractivity contribution in [2.75, 3.05) is 13.1 Å². The first-order valence-electron chi connectivity index (χ1n) is 7.39. The zero-order chi connectivity index (χ0) is 15.1. The predicted octanol–water partition coefficient (Wildman–Crippen LogP) is 2.12. The summed E-state index contributed by atoms with van der Waals surface area (Å²) in [5.41, 5.74) is 0.970. The number of β-amino-alcohol motifs (C(OH)–C–C–N with tert-alkyl or cyclic N) is 1. The van der Waals surface area contributed by atoms with Crippen molar-refractivity contribution in [1.82, 2.24) is 14.9 Å². The molecule has 0 spiro atoms. The monoisotopic (exact) mass is 307 g/mol. The van der Waals surface area contributed by atoms with Crippen molar-refractivity contribution < 1.29 is 5.11 Å². The average molecular weight is 307 g/mol. The molecule has 3 heterocycles. The number of H-pyrrole nitrogens is 1. The molecule has 114 valence electrons.